The number of nitrogens with one attached hydrogen (secondary N) is 1. The van der Waals surface area contributed by atoms with Crippen LogP contribution < -0.4 is 5.48 Å². The van der Waals surface area contributed by atoms with E-state index in [1.807, 2.05) is 13.0 Å². The summed E-state index contributed by atoms with van der Waals surface area (Å²) in [6.07, 6.45) is 4.91. The van der Waals surface area contributed by atoms with Gasteiger partial charge in [-0.05, 0) is 25.3 Å². The SMILES string of the molecule is CC(NOC1CCCC1)c1cccc([N+](=O)[O-])c1. The van der Waals surface area contributed by atoms with Crippen molar-refractivity contribution >= 4 is 5.69 Å². The van der Waals surface area contributed by atoms with Gasteiger partial charge in [0.15, 0.2) is 0 Å². The zero-order valence-corrected chi connectivity index (χ0v) is 10.5. The van der Waals surface area contributed by atoms with Crippen LogP contribution >= 0.6 is 0 Å². The smallest absolute Gasteiger partial charge is 0.269 e. The summed E-state index contributed by atoms with van der Waals surface area (Å²) in [5.74, 6) is 0. The summed E-state index contributed by atoms with van der Waals surface area (Å²) in [6.45, 7) is 1.94. The van der Waals surface area contributed by atoms with Crippen LogP contribution in [-0.4, -0.2) is 11.0 Å². The van der Waals surface area contributed by atoms with E-state index in [1.54, 1.807) is 12.1 Å². The number of hydrogen-bond donors (Lipinski definition) is 1. The van der Waals surface area contributed by atoms with E-state index in [4.69, 9.17) is 4.84 Å². The van der Waals surface area contributed by atoms with E-state index < -0.39 is 0 Å². The van der Waals surface area contributed by atoms with Gasteiger partial charge in [0.1, 0.15) is 0 Å². The number of benzene rings is 1. The van der Waals surface area contributed by atoms with Crippen molar-refractivity contribution in [2.45, 2.75) is 44.8 Å². The normalized spacial score (nSPS) is 17.8. The predicted molar refractivity (Wildman–Crippen MR) is 68.0 cm³/mol. The minimum Gasteiger partial charge on any atom is -0.298 e. The van der Waals surface area contributed by atoms with Crippen LogP contribution in [0.1, 0.15) is 44.2 Å². The van der Waals surface area contributed by atoms with E-state index in [0.29, 0.717) is 0 Å². The van der Waals surface area contributed by atoms with Gasteiger partial charge in [0.05, 0.1) is 17.1 Å². The maximum atomic E-state index is 10.7. The fraction of sp³-hybridized carbons (Fsp3) is 0.538. The zero-order chi connectivity index (χ0) is 13.0. The molecule has 98 valence electrons. The van der Waals surface area contributed by atoms with Gasteiger partial charge in [-0.25, -0.2) is 0 Å². The third kappa shape index (κ3) is 3.27. The van der Waals surface area contributed by atoms with Gasteiger partial charge < -0.3 is 0 Å². The topological polar surface area (TPSA) is 64.4 Å². The Hall–Kier alpha value is -1.46. The molecule has 1 unspecified atom stereocenters. The van der Waals surface area contributed by atoms with Gasteiger partial charge in [-0.1, -0.05) is 25.0 Å². The van der Waals surface area contributed by atoms with Gasteiger partial charge in [-0.15, -0.1) is 0 Å². The number of non-ortho nitro benzene ring substituents is 1. The minimum absolute atomic E-state index is 0.0505. The average molecular weight is 250 g/mol. The molecule has 1 aromatic carbocycles. The number of nitro benzene ring substituents is 1. The van der Waals surface area contributed by atoms with Crippen LogP contribution in [0.3, 0.4) is 0 Å². The Kier molecular flexibility index (Phi) is 4.28. The van der Waals surface area contributed by atoms with Gasteiger partial charge in [0, 0.05) is 12.1 Å². The molecule has 0 aliphatic heterocycles. The lowest BCUT2D eigenvalue weighted by atomic mass is 10.1. The van der Waals surface area contributed by atoms with Crippen LogP contribution in [0.2, 0.25) is 0 Å². The number of rotatable bonds is 5. The standard InChI is InChI=1S/C13H18N2O3/c1-10(14-18-13-7-2-3-8-13)11-5-4-6-12(9-11)15(16)17/h4-6,9-10,13-14H,2-3,7-8H2,1H3. The van der Waals surface area contributed by atoms with E-state index >= 15 is 0 Å². The van der Waals surface area contributed by atoms with Crippen LogP contribution in [0.5, 0.6) is 0 Å². The molecule has 0 saturated heterocycles. The van der Waals surface area contributed by atoms with Crippen LogP contribution in [0, 0.1) is 10.1 Å². The molecule has 0 bridgehead atoms. The molecule has 0 spiro atoms. The molecule has 2 rings (SSSR count). The Balaban J connectivity index is 1.93. The third-order valence-electron chi connectivity index (χ3n) is 3.29. The van der Waals surface area contributed by atoms with Gasteiger partial charge >= 0.3 is 0 Å². The summed E-state index contributed by atoms with van der Waals surface area (Å²) >= 11 is 0. The first-order valence-corrected chi connectivity index (χ1v) is 6.32. The van der Waals surface area contributed by atoms with E-state index in [9.17, 15) is 10.1 Å². The second-order valence-corrected chi connectivity index (χ2v) is 4.72. The van der Waals surface area contributed by atoms with E-state index in [-0.39, 0.29) is 22.8 Å². The monoisotopic (exact) mass is 250 g/mol. The maximum absolute atomic E-state index is 10.7. The van der Waals surface area contributed by atoms with E-state index in [0.717, 1.165) is 18.4 Å². The van der Waals surface area contributed by atoms with Crippen molar-refractivity contribution < 1.29 is 9.76 Å². The Bertz CT molecular complexity index is 416. The van der Waals surface area contributed by atoms with Crippen molar-refractivity contribution in [2.75, 3.05) is 0 Å². The van der Waals surface area contributed by atoms with Crippen molar-refractivity contribution in [3.8, 4) is 0 Å². The molecule has 5 heteroatoms. The summed E-state index contributed by atoms with van der Waals surface area (Å²) in [7, 11) is 0. The van der Waals surface area contributed by atoms with Crippen molar-refractivity contribution in [1.29, 1.82) is 0 Å². The summed E-state index contributed by atoms with van der Waals surface area (Å²) in [5.41, 5.74) is 3.96. The van der Waals surface area contributed by atoms with Crippen LogP contribution in [0.4, 0.5) is 5.69 Å². The van der Waals surface area contributed by atoms with Gasteiger partial charge in [-0.2, -0.15) is 5.48 Å². The second kappa shape index (κ2) is 5.93. The molecule has 1 aliphatic rings. The Labute approximate surface area is 106 Å². The lowest BCUT2D eigenvalue weighted by Gasteiger charge is -2.17. The summed E-state index contributed by atoms with van der Waals surface area (Å²) in [5, 5.41) is 10.7. The number of nitro groups is 1. The van der Waals surface area contributed by atoms with Gasteiger partial charge in [0.2, 0.25) is 0 Å². The molecule has 1 atom stereocenters. The number of hydrogen-bond acceptors (Lipinski definition) is 4. The lowest BCUT2D eigenvalue weighted by molar-refractivity contribution is -0.384. The fourth-order valence-corrected chi connectivity index (χ4v) is 2.18. The highest BCUT2D eigenvalue weighted by Gasteiger charge is 2.17. The molecular formula is C13H18N2O3. The molecule has 0 radical (unpaired) electrons. The van der Waals surface area contributed by atoms with Crippen molar-refractivity contribution in [1.82, 2.24) is 5.48 Å². The first-order valence-electron chi connectivity index (χ1n) is 6.32. The predicted octanol–water partition coefficient (Wildman–Crippen LogP) is 3.12. The largest absolute Gasteiger partial charge is 0.298 e. The molecule has 0 aromatic heterocycles. The molecule has 0 heterocycles. The molecule has 1 N–H and O–H groups in total. The van der Waals surface area contributed by atoms with Gasteiger partial charge in [-0.3, -0.25) is 15.0 Å². The molecule has 18 heavy (non-hydrogen) atoms. The molecule has 5 nitrogen and oxygen atoms in total. The highest BCUT2D eigenvalue weighted by atomic mass is 16.7. The summed E-state index contributed by atoms with van der Waals surface area (Å²) in [6, 6.07) is 6.58. The minimum atomic E-state index is -0.381. The Morgan fingerprint density at radius 1 is 1.44 bits per heavy atom. The summed E-state index contributed by atoms with van der Waals surface area (Å²) < 4.78 is 0. The second-order valence-electron chi connectivity index (χ2n) is 4.72. The highest BCUT2D eigenvalue weighted by Crippen LogP contribution is 2.22. The molecule has 1 aliphatic carbocycles. The van der Waals surface area contributed by atoms with Crippen molar-refractivity contribution in [2.24, 2.45) is 0 Å². The van der Waals surface area contributed by atoms with Gasteiger partial charge in [0.25, 0.3) is 5.69 Å². The van der Waals surface area contributed by atoms with E-state index in [2.05, 4.69) is 5.48 Å². The van der Waals surface area contributed by atoms with Crippen molar-refractivity contribution in [3.05, 3.63) is 39.9 Å². The Morgan fingerprint density at radius 2 is 2.17 bits per heavy atom. The quantitative estimate of drug-likeness (QED) is 0.644. The molecule has 0 amide bonds. The summed E-state index contributed by atoms with van der Waals surface area (Å²) in [4.78, 5) is 15.9. The lowest BCUT2D eigenvalue weighted by Crippen LogP contribution is -2.24. The van der Waals surface area contributed by atoms with E-state index in [1.165, 1.54) is 18.9 Å². The molecular weight excluding hydrogens is 232 g/mol. The molecule has 1 saturated carbocycles. The first kappa shape index (κ1) is 13.0. The van der Waals surface area contributed by atoms with Crippen LogP contribution in [-0.2, 0) is 4.84 Å². The zero-order valence-electron chi connectivity index (χ0n) is 10.5. The van der Waals surface area contributed by atoms with Crippen LogP contribution in [0.15, 0.2) is 24.3 Å². The third-order valence-corrected chi connectivity index (χ3v) is 3.29. The van der Waals surface area contributed by atoms with Crippen molar-refractivity contribution in [3.63, 3.8) is 0 Å². The first-order chi connectivity index (χ1) is 8.66. The average Bonchev–Trinajstić information content (AvgIpc) is 2.89. The number of hydroxylamine groups is 1. The fourth-order valence-electron chi connectivity index (χ4n) is 2.18. The number of nitrogens with zero attached hydrogens (tertiary/aromatic N) is 1. The molecule has 1 aromatic rings. The maximum Gasteiger partial charge on any atom is 0.269 e. The molecule has 1 fully saturated rings. The Morgan fingerprint density at radius 3 is 2.83 bits per heavy atom. The van der Waals surface area contributed by atoms with Crippen LogP contribution in [0.25, 0.3) is 0 Å². The highest BCUT2D eigenvalue weighted by molar-refractivity contribution is 5.35.